The Labute approximate surface area is 136 Å². The van der Waals surface area contributed by atoms with Gasteiger partial charge < -0.3 is 10.4 Å². The van der Waals surface area contributed by atoms with Crippen LogP contribution in [-0.2, 0) is 0 Å². The summed E-state index contributed by atoms with van der Waals surface area (Å²) in [5.41, 5.74) is 1.75. The first-order chi connectivity index (χ1) is 11.5. The van der Waals surface area contributed by atoms with Gasteiger partial charge >= 0.3 is 0 Å². The highest BCUT2D eigenvalue weighted by Crippen LogP contribution is 2.18. The van der Waals surface area contributed by atoms with Crippen LogP contribution in [0.15, 0.2) is 42.6 Å². The molecule has 124 valence electrons. The molecule has 0 aliphatic rings. The molecule has 7 heteroatoms. The number of carbonyl (C=O) groups excluding carboxylic acids is 1. The lowest BCUT2D eigenvalue weighted by Crippen LogP contribution is -2.32. The van der Waals surface area contributed by atoms with Crippen LogP contribution in [0.4, 0.5) is 8.78 Å². The van der Waals surface area contributed by atoms with E-state index in [9.17, 15) is 18.7 Å². The van der Waals surface area contributed by atoms with Gasteiger partial charge in [-0.15, -0.1) is 0 Å². The zero-order valence-electron chi connectivity index (χ0n) is 12.8. The van der Waals surface area contributed by atoms with Crippen LogP contribution in [0.1, 0.15) is 27.8 Å². The number of hydrogen-bond donors (Lipinski definition) is 2. The summed E-state index contributed by atoms with van der Waals surface area (Å²) in [5.74, 6) is -2.49. The molecule has 2 aromatic heterocycles. The molecule has 1 aromatic carbocycles. The van der Waals surface area contributed by atoms with E-state index in [2.05, 4.69) is 10.3 Å². The lowest BCUT2D eigenvalue weighted by Gasteiger charge is -2.17. The largest absolute Gasteiger partial charge is 0.394 e. The number of benzene rings is 1. The maximum Gasteiger partial charge on any atom is 0.270 e. The molecule has 0 bridgehead atoms. The Balaban J connectivity index is 1.91. The number of aliphatic hydroxyl groups excluding tert-OH is 1. The number of nitrogens with zero attached hydrogens (tertiary/aromatic N) is 2. The van der Waals surface area contributed by atoms with Gasteiger partial charge in [-0.25, -0.2) is 13.8 Å². The fraction of sp³-hybridized carbons (Fsp3) is 0.176. The summed E-state index contributed by atoms with van der Waals surface area (Å²) in [6.07, 6.45) is 1.70. The standard InChI is InChI=1S/C17H15F2N3O2/c1-10-16(22-7-3-2-4-15(22)20-10)17(24)21-14(9-23)11-5-6-12(18)13(19)8-11/h2-8,14,23H,9H2,1H3,(H,21,24). The monoisotopic (exact) mass is 331 g/mol. The number of nitrogens with one attached hydrogen (secondary N) is 1. The van der Waals surface area contributed by atoms with Crippen molar-refractivity contribution in [3.8, 4) is 0 Å². The molecule has 3 rings (SSSR count). The van der Waals surface area contributed by atoms with E-state index < -0.39 is 30.2 Å². The molecule has 0 spiro atoms. The summed E-state index contributed by atoms with van der Waals surface area (Å²) in [7, 11) is 0. The average molecular weight is 331 g/mol. The van der Waals surface area contributed by atoms with Gasteiger partial charge in [0.2, 0.25) is 0 Å². The van der Waals surface area contributed by atoms with Crippen molar-refractivity contribution in [3.05, 3.63) is 71.2 Å². The summed E-state index contributed by atoms with van der Waals surface area (Å²) < 4.78 is 28.0. The molecule has 0 aliphatic carbocycles. The first-order valence-corrected chi connectivity index (χ1v) is 7.31. The van der Waals surface area contributed by atoms with Crippen LogP contribution in [0.5, 0.6) is 0 Å². The minimum atomic E-state index is -1.04. The minimum Gasteiger partial charge on any atom is -0.394 e. The van der Waals surface area contributed by atoms with E-state index in [1.165, 1.54) is 6.07 Å². The molecule has 24 heavy (non-hydrogen) atoms. The number of rotatable bonds is 4. The number of aliphatic hydroxyl groups is 1. The topological polar surface area (TPSA) is 66.6 Å². The van der Waals surface area contributed by atoms with Crippen molar-refractivity contribution in [1.82, 2.24) is 14.7 Å². The van der Waals surface area contributed by atoms with Crippen molar-refractivity contribution < 1.29 is 18.7 Å². The molecule has 0 fully saturated rings. The third-order valence-corrected chi connectivity index (χ3v) is 3.75. The maximum absolute atomic E-state index is 13.4. The average Bonchev–Trinajstić information content (AvgIpc) is 2.91. The normalized spacial score (nSPS) is 12.3. The van der Waals surface area contributed by atoms with Gasteiger partial charge in [0.15, 0.2) is 11.6 Å². The molecular formula is C17H15F2N3O2. The second-order valence-electron chi connectivity index (χ2n) is 5.36. The summed E-state index contributed by atoms with van der Waals surface area (Å²) in [5, 5.41) is 12.1. The SMILES string of the molecule is Cc1nc2ccccn2c1C(=O)NC(CO)c1ccc(F)c(F)c1. The Bertz CT molecular complexity index is 908. The molecular weight excluding hydrogens is 316 g/mol. The van der Waals surface area contributed by atoms with Gasteiger partial charge in [-0.2, -0.15) is 0 Å². The van der Waals surface area contributed by atoms with E-state index in [1.807, 2.05) is 0 Å². The third kappa shape index (κ3) is 2.85. The summed E-state index contributed by atoms with van der Waals surface area (Å²) in [4.78, 5) is 16.9. The Morgan fingerprint density at radius 1 is 1.29 bits per heavy atom. The second kappa shape index (κ2) is 6.37. The maximum atomic E-state index is 13.4. The Morgan fingerprint density at radius 3 is 2.79 bits per heavy atom. The molecule has 1 atom stereocenters. The number of amides is 1. The van der Waals surface area contributed by atoms with Gasteiger partial charge in [0.25, 0.3) is 5.91 Å². The van der Waals surface area contributed by atoms with Gasteiger partial charge in [0.1, 0.15) is 11.3 Å². The first kappa shape index (κ1) is 16.1. The van der Waals surface area contributed by atoms with Crippen molar-refractivity contribution in [2.75, 3.05) is 6.61 Å². The van der Waals surface area contributed by atoms with Crippen LogP contribution >= 0.6 is 0 Å². The van der Waals surface area contributed by atoms with Crippen LogP contribution in [0.25, 0.3) is 5.65 Å². The number of aryl methyl sites for hydroxylation is 1. The lowest BCUT2D eigenvalue weighted by atomic mass is 10.1. The fourth-order valence-electron chi connectivity index (χ4n) is 2.58. The number of fused-ring (bicyclic) bond motifs is 1. The Kier molecular flexibility index (Phi) is 4.26. The predicted octanol–water partition coefficient (Wildman–Crippen LogP) is 2.38. The number of halogens is 2. The zero-order chi connectivity index (χ0) is 17.3. The van der Waals surface area contributed by atoms with E-state index in [-0.39, 0.29) is 5.56 Å². The number of hydrogen-bond acceptors (Lipinski definition) is 3. The van der Waals surface area contributed by atoms with Gasteiger partial charge in [-0.1, -0.05) is 12.1 Å². The van der Waals surface area contributed by atoms with E-state index >= 15 is 0 Å². The molecule has 3 aromatic rings. The number of pyridine rings is 1. The molecule has 1 amide bonds. The second-order valence-corrected chi connectivity index (χ2v) is 5.36. The number of aromatic nitrogens is 2. The molecule has 1 unspecified atom stereocenters. The van der Waals surface area contributed by atoms with Crippen molar-refractivity contribution in [2.45, 2.75) is 13.0 Å². The van der Waals surface area contributed by atoms with Crippen LogP contribution in [0.3, 0.4) is 0 Å². The smallest absolute Gasteiger partial charge is 0.270 e. The minimum absolute atomic E-state index is 0.274. The molecule has 0 saturated heterocycles. The lowest BCUT2D eigenvalue weighted by molar-refractivity contribution is 0.0909. The summed E-state index contributed by atoms with van der Waals surface area (Å²) in [6, 6.07) is 7.71. The highest BCUT2D eigenvalue weighted by molar-refractivity contribution is 5.94. The van der Waals surface area contributed by atoms with Crippen LogP contribution < -0.4 is 5.32 Å². The summed E-state index contributed by atoms with van der Waals surface area (Å²) in [6.45, 7) is 1.25. The molecule has 0 radical (unpaired) electrons. The van der Waals surface area contributed by atoms with Gasteiger partial charge in [-0.3, -0.25) is 9.20 Å². The summed E-state index contributed by atoms with van der Waals surface area (Å²) >= 11 is 0. The number of imidazole rings is 1. The Morgan fingerprint density at radius 2 is 2.08 bits per heavy atom. The quantitative estimate of drug-likeness (QED) is 0.771. The molecule has 0 aliphatic heterocycles. The molecule has 0 saturated carbocycles. The number of carbonyl (C=O) groups is 1. The van der Waals surface area contributed by atoms with Crippen molar-refractivity contribution in [2.24, 2.45) is 0 Å². The fourth-order valence-corrected chi connectivity index (χ4v) is 2.58. The van der Waals surface area contributed by atoms with Gasteiger partial charge in [0, 0.05) is 6.20 Å². The highest BCUT2D eigenvalue weighted by Gasteiger charge is 2.21. The molecule has 2 heterocycles. The predicted molar refractivity (Wildman–Crippen MR) is 83.6 cm³/mol. The zero-order valence-corrected chi connectivity index (χ0v) is 12.8. The van der Waals surface area contributed by atoms with Gasteiger partial charge in [0.05, 0.1) is 18.3 Å². The Hall–Kier alpha value is -2.80. The van der Waals surface area contributed by atoms with Crippen molar-refractivity contribution in [1.29, 1.82) is 0 Å². The first-order valence-electron chi connectivity index (χ1n) is 7.31. The molecule has 5 nitrogen and oxygen atoms in total. The van der Waals surface area contributed by atoms with Crippen molar-refractivity contribution in [3.63, 3.8) is 0 Å². The van der Waals surface area contributed by atoms with Gasteiger partial charge in [-0.05, 0) is 36.8 Å². The van der Waals surface area contributed by atoms with E-state index in [0.717, 1.165) is 12.1 Å². The van der Waals surface area contributed by atoms with Crippen LogP contribution in [0, 0.1) is 18.6 Å². The van der Waals surface area contributed by atoms with E-state index in [1.54, 1.807) is 35.7 Å². The van der Waals surface area contributed by atoms with E-state index in [0.29, 0.717) is 17.0 Å². The van der Waals surface area contributed by atoms with Crippen molar-refractivity contribution >= 4 is 11.6 Å². The molecule has 2 N–H and O–H groups in total. The third-order valence-electron chi connectivity index (χ3n) is 3.75. The highest BCUT2D eigenvalue weighted by atomic mass is 19.2. The van der Waals surface area contributed by atoms with Crippen LogP contribution in [-0.4, -0.2) is 27.0 Å². The van der Waals surface area contributed by atoms with E-state index in [4.69, 9.17) is 0 Å². The van der Waals surface area contributed by atoms with Crippen LogP contribution in [0.2, 0.25) is 0 Å².